The van der Waals surface area contributed by atoms with Crippen molar-refractivity contribution in [3.63, 3.8) is 0 Å². The maximum atomic E-state index is 12.8. The number of hydrogen-bond donors (Lipinski definition) is 1. The number of benzene rings is 1. The van der Waals surface area contributed by atoms with Crippen LogP contribution in [-0.4, -0.2) is 35.4 Å². The molecule has 1 aromatic heterocycles. The minimum absolute atomic E-state index is 0.0582. The first kappa shape index (κ1) is 18.2. The van der Waals surface area contributed by atoms with E-state index < -0.39 is 11.7 Å². The maximum Gasteiger partial charge on any atom is 0.416 e. The summed E-state index contributed by atoms with van der Waals surface area (Å²) in [6.07, 6.45) is -0.348. The largest absolute Gasteiger partial charge is 0.416 e. The average Bonchev–Trinajstić information content (AvgIpc) is 3.16. The summed E-state index contributed by atoms with van der Waals surface area (Å²) in [7, 11) is 0. The summed E-state index contributed by atoms with van der Waals surface area (Å²) in [6.45, 7) is 1.88. The average molecular weight is 363 g/mol. The van der Waals surface area contributed by atoms with Gasteiger partial charge in [-0.15, -0.1) is 0 Å². The molecule has 1 aromatic carbocycles. The molecule has 0 spiro atoms. The molecule has 1 N–H and O–H groups in total. The number of carbonyl (C=O) groups is 1. The molecule has 0 aliphatic carbocycles. The number of halogens is 3. The monoisotopic (exact) mass is 363 g/mol. The highest BCUT2D eigenvalue weighted by molar-refractivity contribution is 5.98. The van der Waals surface area contributed by atoms with Gasteiger partial charge in [0, 0.05) is 25.8 Å². The van der Waals surface area contributed by atoms with Gasteiger partial charge in [0.05, 0.1) is 11.1 Å². The van der Waals surface area contributed by atoms with Gasteiger partial charge in [0.1, 0.15) is 5.82 Å². The molecule has 0 bridgehead atoms. The van der Waals surface area contributed by atoms with E-state index in [0.717, 1.165) is 38.1 Å². The fourth-order valence-corrected chi connectivity index (χ4v) is 3.04. The Labute approximate surface area is 150 Å². The number of rotatable bonds is 5. The molecule has 3 rings (SSSR count). The van der Waals surface area contributed by atoms with E-state index in [1.807, 2.05) is 0 Å². The summed E-state index contributed by atoms with van der Waals surface area (Å²) >= 11 is 0. The van der Waals surface area contributed by atoms with Crippen molar-refractivity contribution >= 4 is 11.7 Å². The van der Waals surface area contributed by atoms with Gasteiger partial charge in [0.2, 0.25) is 0 Å². The summed E-state index contributed by atoms with van der Waals surface area (Å²) in [5.74, 6) is 0.411. The van der Waals surface area contributed by atoms with Crippen LogP contribution in [-0.2, 0) is 12.6 Å². The Bertz CT molecular complexity index is 771. The van der Waals surface area contributed by atoms with Crippen LogP contribution in [0.5, 0.6) is 0 Å². The van der Waals surface area contributed by atoms with Crippen molar-refractivity contribution in [3.8, 4) is 0 Å². The zero-order chi connectivity index (χ0) is 18.6. The molecular weight excluding hydrogens is 343 g/mol. The van der Waals surface area contributed by atoms with Crippen molar-refractivity contribution in [3.05, 3.63) is 59.3 Å². The first-order valence-electron chi connectivity index (χ1n) is 8.59. The number of anilines is 1. The fraction of sp³-hybridized carbons (Fsp3) is 0.368. The standard InChI is InChI=1S/C19H20F3N3O/c20-19(21,22)15-6-3-5-14(13-15)8-10-24-17-16(7-4-9-23-17)18(26)25-11-1-2-12-25/h3-7,9,13H,1-2,8,10-12H2,(H,23,24). The van der Waals surface area contributed by atoms with E-state index in [2.05, 4.69) is 10.3 Å². The number of carbonyl (C=O) groups excluding carboxylic acids is 1. The molecule has 4 nitrogen and oxygen atoms in total. The third-order valence-corrected chi connectivity index (χ3v) is 4.39. The molecule has 138 valence electrons. The van der Waals surface area contributed by atoms with Crippen molar-refractivity contribution in [2.45, 2.75) is 25.4 Å². The Morgan fingerprint density at radius 3 is 2.65 bits per heavy atom. The quantitative estimate of drug-likeness (QED) is 0.874. The SMILES string of the molecule is O=C(c1cccnc1NCCc1cccc(C(F)(F)F)c1)N1CCCC1. The lowest BCUT2D eigenvalue weighted by Crippen LogP contribution is -2.28. The molecule has 1 aliphatic rings. The highest BCUT2D eigenvalue weighted by atomic mass is 19.4. The first-order chi connectivity index (χ1) is 12.4. The smallest absolute Gasteiger partial charge is 0.369 e. The zero-order valence-electron chi connectivity index (χ0n) is 14.2. The second kappa shape index (κ2) is 7.76. The van der Waals surface area contributed by atoms with Crippen LogP contribution in [0.25, 0.3) is 0 Å². The molecule has 1 amide bonds. The summed E-state index contributed by atoms with van der Waals surface area (Å²) < 4.78 is 38.3. The van der Waals surface area contributed by atoms with E-state index in [9.17, 15) is 18.0 Å². The van der Waals surface area contributed by atoms with Gasteiger partial charge in [-0.25, -0.2) is 4.98 Å². The van der Waals surface area contributed by atoms with Crippen molar-refractivity contribution in [1.29, 1.82) is 0 Å². The lowest BCUT2D eigenvalue weighted by molar-refractivity contribution is -0.137. The molecule has 0 saturated carbocycles. The molecule has 2 heterocycles. The van der Waals surface area contributed by atoms with E-state index in [-0.39, 0.29) is 5.91 Å². The molecule has 0 unspecified atom stereocenters. The summed E-state index contributed by atoms with van der Waals surface area (Å²) in [5, 5.41) is 3.08. The van der Waals surface area contributed by atoms with Crippen molar-refractivity contribution in [1.82, 2.24) is 9.88 Å². The van der Waals surface area contributed by atoms with Crippen LogP contribution in [0.4, 0.5) is 19.0 Å². The highest BCUT2D eigenvalue weighted by Gasteiger charge is 2.30. The number of aromatic nitrogens is 1. The summed E-state index contributed by atoms with van der Waals surface area (Å²) in [6, 6.07) is 8.70. The minimum Gasteiger partial charge on any atom is -0.369 e. The number of likely N-dealkylation sites (tertiary alicyclic amines) is 1. The van der Waals surface area contributed by atoms with Crippen LogP contribution in [0.15, 0.2) is 42.6 Å². The Morgan fingerprint density at radius 1 is 1.15 bits per heavy atom. The van der Waals surface area contributed by atoms with Gasteiger partial charge in [-0.05, 0) is 43.0 Å². The maximum absolute atomic E-state index is 12.8. The summed E-state index contributed by atoms with van der Waals surface area (Å²) in [5.41, 5.74) is 0.423. The van der Waals surface area contributed by atoms with Crippen LogP contribution in [0.3, 0.4) is 0 Å². The molecule has 1 fully saturated rings. The second-order valence-electron chi connectivity index (χ2n) is 6.27. The molecule has 1 aliphatic heterocycles. The number of alkyl halides is 3. The Kier molecular flexibility index (Phi) is 5.44. The topological polar surface area (TPSA) is 45.2 Å². The van der Waals surface area contributed by atoms with Crippen LogP contribution >= 0.6 is 0 Å². The number of hydrogen-bond acceptors (Lipinski definition) is 3. The van der Waals surface area contributed by atoms with Gasteiger partial charge >= 0.3 is 6.18 Å². The van der Waals surface area contributed by atoms with Crippen molar-refractivity contribution in [2.24, 2.45) is 0 Å². The molecular formula is C19H20F3N3O. The van der Waals surface area contributed by atoms with E-state index >= 15 is 0 Å². The molecule has 2 aromatic rings. The normalized spacial score (nSPS) is 14.5. The van der Waals surface area contributed by atoms with E-state index in [1.165, 1.54) is 6.07 Å². The van der Waals surface area contributed by atoms with E-state index in [4.69, 9.17) is 0 Å². The summed E-state index contributed by atoms with van der Waals surface area (Å²) in [4.78, 5) is 18.6. The minimum atomic E-state index is -4.35. The Balaban J connectivity index is 1.65. The third kappa shape index (κ3) is 4.33. The number of pyridine rings is 1. The van der Waals surface area contributed by atoms with Gasteiger partial charge in [-0.1, -0.05) is 18.2 Å². The van der Waals surface area contributed by atoms with Crippen LogP contribution in [0, 0.1) is 0 Å². The molecule has 0 radical (unpaired) electrons. The molecule has 0 atom stereocenters. The van der Waals surface area contributed by atoms with Gasteiger partial charge < -0.3 is 10.2 Å². The van der Waals surface area contributed by atoms with Gasteiger partial charge in [0.15, 0.2) is 0 Å². The van der Waals surface area contributed by atoms with Gasteiger partial charge in [0.25, 0.3) is 5.91 Å². The molecule has 1 saturated heterocycles. The van der Waals surface area contributed by atoms with Gasteiger partial charge in [-0.2, -0.15) is 13.2 Å². The number of nitrogens with one attached hydrogen (secondary N) is 1. The fourth-order valence-electron chi connectivity index (χ4n) is 3.04. The lowest BCUT2D eigenvalue weighted by atomic mass is 10.1. The van der Waals surface area contributed by atoms with Crippen LogP contribution in [0.1, 0.15) is 34.3 Å². The number of nitrogens with zero attached hydrogens (tertiary/aromatic N) is 2. The van der Waals surface area contributed by atoms with E-state index in [0.29, 0.717) is 29.9 Å². The Hall–Kier alpha value is -2.57. The third-order valence-electron chi connectivity index (χ3n) is 4.39. The first-order valence-corrected chi connectivity index (χ1v) is 8.59. The van der Waals surface area contributed by atoms with E-state index in [1.54, 1.807) is 29.3 Å². The highest BCUT2D eigenvalue weighted by Crippen LogP contribution is 2.29. The number of amides is 1. The second-order valence-corrected chi connectivity index (χ2v) is 6.27. The molecule has 7 heteroatoms. The lowest BCUT2D eigenvalue weighted by Gasteiger charge is -2.17. The van der Waals surface area contributed by atoms with Crippen LogP contribution in [0.2, 0.25) is 0 Å². The Morgan fingerprint density at radius 2 is 1.92 bits per heavy atom. The molecule has 26 heavy (non-hydrogen) atoms. The van der Waals surface area contributed by atoms with Crippen molar-refractivity contribution in [2.75, 3.05) is 25.0 Å². The van der Waals surface area contributed by atoms with Crippen LogP contribution < -0.4 is 5.32 Å². The predicted molar refractivity (Wildman–Crippen MR) is 93.0 cm³/mol. The van der Waals surface area contributed by atoms with Crippen molar-refractivity contribution < 1.29 is 18.0 Å². The zero-order valence-corrected chi connectivity index (χ0v) is 14.2. The van der Waals surface area contributed by atoms with Gasteiger partial charge in [-0.3, -0.25) is 4.79 Å². The predicted octanol–water partition coefficient (Wildman–Crippen LogP) is 3.99.